The van der Waals surface area contributed by atoms with E-state index in [-0.39, 0.29) is 30.5 Å². The fraction of sp³-hybridized carbons (Fsp3) is 0.500. The summed E-state index contributed by atoms with van der Waals surface area (Å²) in [6.45, 7) is 0.514. The average Bonchev–Trinajstić information content (AvgIpc) is 2.52. The third-order valence-corrected chi connectivity index (χ3v) is 4.83. The first-order chi connectivity index (χ1) is 11.7. The van der Waals surface area contributed by atoms with Gasteiger partial charge in [-0.2, -0.15) is 11.8 Å². The molecule has 0 aromatic heterocycles. The molecule has 0 bridgehead atoms. The Balaban J connectivity index is 1.89. The number of hydrogen-bond acceptors (Lipinski definition) is 4. The van der Waals surface area contributed by atoms with Gasteiger partial charge in [0.05, 0.1) is 12.5 Å². The lowest BCUT2D eigenvalue weighted by molar-refractivity contribution is -0.274. The number of amides is 1. The van der Waals surface area contributed by atoms with Crippen molar-refractivity contribution in [1.29, 1.82) is 0 Å². The highest BCUT2D eigenvalue weighted by atomic mass is 32.2. The maximum Gasteiger partial charge on any atom is 0.573 e. The highest BCUT2D eigenvalue weighted by Gasteiger charge is 2.31. The maximum atomic E-state index is 12.4. The van der Waals surface area contributed by atoms with Crippen LogP contribution in [0.2, 0.25) is 0 Å². The van der Waals surface area contributed by atoms with Crippen LogP contribution in [-0.4, -0.2) is 52.3 Å². The molecule has 25 heavy (non-hydrogen) atoms. The van der Waals surface area contributed by atoms with Crippen LogP contribution in [0.25, 0.3) is 0 Å². The van der Waals surface area contributed by atoms with Crippen molar-refractivity contribution in [3.8, 4) is 5.75 Å². The molecule has 9 heteroatoms. The van der Waals surface area contributed by atoms with Crippen molar-refractivity contribution in [2.75, 3.05) is 18.1 Å². The molecule has 1 N–H and O–H groups in total. The van der Waals surface area contributed by atoms with Crippen molar-refractivity contribution < 1.29 is 32.6 Å². The van der Waals surface area contributed by atoms with Gasteiger partial charge in [0.25, 0.3) is 0 Å². The van der Waals surface area contributed by atoms with Crippen LogP contribution in [-0.2, 0) is 16.0 Å². The molecular formula is C16H18F3NO4S. The Hall–Kier alpha value is -1.90. The first-order valence-corrected chi connectivity index (χ1v) is 8.84. The van der Waals surface area contributed by atoms with E-state index in [9.17, 15) is 22.8 Å². The highest BCUT2D eigenvalue weighted by Crippen LogP contribution is 2.24. The number of ether oxygens (including phenoxy) is 1. The summed E-state index contributed by atoms with van der Waals surface area (Å²) in [4.78, 5) is 24.9. The number of halogens is 3. The predicted molar refractivity (Wildman–Crippen MR) is 86.5 cm³/mol. The van der Waals surface area contributed by atoms with E-state index >= 15 is 0 Å². The van der Waals surface area contributed by atoms with Crippen molar-refractivity contribution >= 4 is 23.6 Å². The van der Waals surface area contributed by atoms with Crippen molar-refractivity contribution in [3.05, 3.63) is 29.8 Å². The molecule has 1 unspecified atom stereocenters. The number of carbonyl (C=O) groups excluding carboxylic acids is 1. The molecular weight excluding hydrogens is 359 g/mol. The summed E-state index contributed by atoms with van der Waals surface area (Å²) in [7, 11) is 0. The van der Waals surface area contributed by atoms with Gasteiger partial charge < -0.3 is 14.7 Å². The van der Waals surface area contributed by atoms with Gasteiger partial charge in [-0.25, -0.2) is 0 Å². The molecule has 138 valence electrons. The first kappa shape index (κ1) is 19.4. The number of carboxylic acids is 1. The van der Waals surface area contributed by atoms with Gasteiger partial charge in [-0.15, -0.1) is 13.2 Å². The Bertz CT molecular complexity index is 606. The minimum atomic E-state index is -4.73. The topological polar surface area (TPSA) is 66.8 Å². The standard InChI is InChI=1S/C16H18F3NO4S/c17-16(18,19)24-13-4-1-11(2-5-13)3-6-14(21)20-7-8-25-10-12(20)9-15(22)23/h1-2,4-5,12H,3,6-10H2,(H,22,23). The van der Waals surface area contributed by atoms with Crippen LogP contribution in [0.3, 0.4) is 0 Å². The van der Waals surface area contributed by atoms with E-state index in [0.29, 0.717) is 24.3 Å². The second-order valence-corrected chi connectivity index (χ2v) is 6.76. The second kappa shape index (κ2) is 8.46. The van der Waals surface area contributed by atoms with Gasteiger partial charge in [0.1, 0.15) is 5.75 Å². The minimum absolute atomic E-state index is 0.0811. The number of thioether (sulfide) groups is 1. The van der Waals surface area contributed by atoms with Crippen LogP contribution in [0.4, 0.5) is 13.2 Å². The Morgan fingerprint density at radius 1 is 1.28 bits per heavy atom. The van der Waals surface area contributed by atoms with Gasteiger partial charge in [-0.1, -0.05) is 12.1 Å². The van der Waals surface area contributed by atoms with Crippen LogP contribution < -0.4 is 4.74 Å². The molecule has 5 nitrogen and oxygen atoms in total. The maximum absolute atomic E-state index is 12.4. The first-order valence-electron chi connectivity index (χ1n) is 7.68. The summed E-state index contributed by atoms with van der Waals surface area (Å²) in [6, 6.07) is 5.06. The number of nitrogens with zero attached hydrogens (tertiary/aromatic N) is 1. The Kier molecular flexibility index (Phi) is 6.57. The molecule has 2 rings (SSSR count). The number of rotatable bonds is 6. The van der Waals surface area contributed by atoms with Crippen LogP contribution in [0.15, 0.2) is 24.3 Å². The SMILES string of the molecule is O=C(O)CC1CSCCN1C(=O)CCc1ccc(OC(F)(F)F)cc1. The Labute approximate surface area is 147 Å². The average molecular weight is 377 g/mol. The van der Waals surface area contributed by atoms with Crippen LogP contribution in [0.5, 0.6) is 5.75 Å². The van der Waals surface area contributed by atoms with E-state index in [1.807, 2.05) is 0 Å². The molecule has 0 spiro atoms. The number of benzene rings is 1. The Morgan fingerprint density at radius 3 is 2.56 bits per heavy atom. The predicted octanol–water partition coefficient (Wildman–Crippen LogP) is 2.94. The Morgan fingerprint density at radius 2 is 1.96 bits per heavy atom. The summed E-state index contributed by atoms with van der Waals surface area (Å²) in [5.74, 6) is -0.0165. The molecule has 1 heterocycles. The number of hydrogen-bond donors (Lipinski definition) is 1. The summed E-state index contributed by atoms with van der Waals surface area (Å²) < 4.78 is 40.1. The van der Waals surface area contributed by atoms with Crippen molar-refractivity contribution in [2.24, 2.45) is 0 Å². The molecule has 1 fully saturated rings. The van der Waals surface area contributed by atoms with Gasteiger partial charge in [-0.05, 0) is 24.1 Å². The van der Waals surface area contributed by atoms with E-state index in [4.69, 9.17) is 5.11 Å². The molecule has 1 aromatic rings. The number of alkyl halides is 3. The number of aliphatic carboxylic acids is 1. The zero-order chi connectivity index (χ0) is 18.4. The quantitative estimate of drug-likeness (QED) is 0.826. The number of aryl methyl sites for hydroxylation is 1. The monoisotopic (exact) mass is 377 g/mol. The lowest BCUT2D eigenvalue weighted by atomic mass is 10.1. The normalized spacial score (nSPS) is 18.0. The van der Waals surface area contributed by atoms with Crippen molar-refractivity contribution in [1.82, 2.24) is 4.90 Å². The lowest BCUT2D eigenvalue weighted by Crippen LogP contribution is -2.47. The third-order valence-electron chi connectivity index (χ3n) is 3.74. The van der Waals surface area contributed by atoms with Gasteiger partial charge in [0.15, 0.2) is 0 Å². The minimum Gasteiger partial charge on any atom is -0.481 e. The smallest absolute Gasteiger partial charge is 0.481 e. The van der Waals surface area contributed by atoms with Crippen LogP contribution >= 0.6 is 11.8 Å². The fourth-order valence-corrected chi connectivity index (χ4v) is 3.67. The zero-order valence-electron chi connectivity index (χ0n) is 13.3. The molecule has 1 aliphatic rings. The van der Waals surface area contributed by atoms with Crippen molar-refractivity contribution in [2.45, 2.75) is 31.7 Å². The summed E-state index contributed by atoms with van der Waals surface area (Å²) >= 11 is 1.62. The molecule has 0 saturated carbocycles. The largest absolute Gasteiger partial charge is 0.573 e. The zero-order valence-corrected chi connectivity index (χ0v) is 14.1. The van der Waals surface area contributed by atoms with E-state index in [1.54, 1.807) is 16.7 Å². The molecule has 1 saturated heterocycles. The summed E-state index contributed by atoms with van der Waals surface area (Å²) in [5.41, 5.74) is 0.712. The molecule has 1 amide bonds. The summed E-state index contributed by atoms with van der Waals surface area (Å²) in [5, 5.41) is 8.94. The van der Waals surface area contributed by atoms with E-state index < -0.39 is 12.3 Å². The van der Waals surface area contributed by atoms with Gasteiger partial charge in [-0.3, -0.25) is 9.59 Å². The second-order valence-electron chi connectivity index (χ2n) is 5.61. The third kappa shape index (κ3) is 6.49. The summed E-state index contributed by atoms with van der Waals surface area (Å²) in [6.07, 6.45) is -4.26. The fourth-order valence-electron chi connectivity index (χ4n) is 2.61. The van der Waals surface area contributed by atoms with E-state index in [0.717, 1.165) is 5.75 Å². The number of carboxylic acid groups (broad SMARTS) is 1. The lowest BCUT2D eigenvalue weighted by Gasteiger charge is -2.34. The van der Waals surface area contributed by atoms with Gasteiger partial charge >= 0.3 is 12.3 Å². The molecule has 1 aliphatic heterocycles. The molecule has 1 atom stereocenters. The molecule has 0 radical (unpaired) electrons. The van der Waals surface area contributed by atoms with Crippen molar-refractivity contribution in [3.63, 3.8) is 0 Å². The van der Waals surface area contributed by atoms with Crippen LogP contribution in [0, 0.1) is 0 Å². The van der Waals surface area contributed by atoms with E-state index in [1.165, 1.54) is 24.3 Å². The molecule has 0 aliphatic carbocycles. The molecule has 1 aromatic carbocycles. The van der Waals surface area contributed by atoms with E-state index in [2.05, 4.69) is 4.74 Å². The van der Waals surface area contributed by atoms with Crippen LogP contribution in [0.1, 0.15) is 18.4 Å². The number of carbonyl (C=O) groups is 2. The van der Waals surface area contributed by atoms with Gasteiger partial charge in [0.2, 0.25) is 5.91 Å². The van der Waals surface area contributed by atoms with Gasteiger partial charge in [0, 0.05) is 24.5 Å². The highest BCUT2D eigenvalue weighted by molar-refractivity contribution is 7.99.